The molecule has 8 nitrogen and oxygen atoms in total. The number of aromatic nitrogens is 3. The molecule has 1 aliphatic rings. The fraction of sp³-hybridized carbons (Fsp3) is 0.355. The zero-order valence-corrected chi connectivity index (χ0v) is 22.2. The van der Waals surface area contributed by atoms with Crippen molar-refractivity contribution >= 4 is 28.9 Å². The van der Waals surface area contributed by atoms with Crippen molar-refractivity contribution in [2.24, 2.45) is 5.92 Å². The maximum Gasteiger partial charge on any atom is 0.511 e. The highest BCUT2D eigenvalue weighted by atomic mass is 16.7. The van der Waals surface area contributed by atoms with Crippen molar-refractivity contribution in [3.63, 3.8) is 0 Å². The number of Topliss-reactive ketones (excluding diaryl/α,β-unsaturated/α-hetero) is 1. The molecule has 0 bridgehead atoms. The van der Waals surface area contributed by atoms with E-state index in [1.54, 1.807) is 12.1 Å². The Morgan fingerprint density at radius 2 is 1.77 bits per heavy atom. The summed E-state index contributed by atoms with van der Waals surface area (Å²) in [7, 11) is 0. The number of carbonyl (C=O) groups excluding carboxylic acids is 1. The van der Waals surface area contributed by atoms with Gasteiger partial charge in [0.05, 0.1) is 6.54 Å². The van der Waals surface area contributed by atoms with Crippen LogP contribution in [0.3, 0.4) is 0 Å². The Bertz CT molecular complexity index is 1460. The second kappa shape index (κ2) is 12.1. The van der Waals surface area contributed by atoms with Crippen LogP contribution in [-0.2, 0) is 17.8 Å². The van der Waals surface area contributed by atoms with Gasteiger partial charge in [0.1, 0.15) is 28.7 Å². The maximum absolute atomic E-state index is 12.6. The lowest BCUT2D eigenvalue weighted by Gasteiger charge is -2.20. The summed E-state index contributed by atoms with van der Waals surface area (Å²) in [6.07, 6.45) is 5.61. The van der Waals surface area contributed by atoms with Crippen LogP contribution in [-0.4, -0.2) is 38.1 Å². The zero-order valence-electron chi connectivity index (χ0n) is 22.2. The van der Waals surface area contributed by atoms with Crippen molar-refractivity contribution in [3.8, 4) is 16.9 Å². The second-order valence-electron chi connectivity index (χ2n) is 10.0. The number of pyridine rings is 1. The van der Waals surface area contributed by atoms with Crippen LogP contribution >= 0.6 is 0 Å². The SMILES string of the molecule is CCc1nc2ccc(NCCC(=O)C3CCCCC3)nc2n1Cc1ccc(-c2ccccc2OC(=O)O)cc1. The Labute approximate surface area is 228 Å². The van der Waals surface area contributed by atoms with E-state index in [-0.39, 0.29) is 5.92 Å². The third-order valence-corrected chi connectivity index (χ3v) is 7.42. The molecule has 5 rings (SSSR count). The number of benzene rings is 2. The van der Waals surface area contributed by atoms with E-state index >= 15 is 0 Å². The summed E-state index contributed by atoms with van der Waals surface area (Å²) in [5.74, 6) is 2.59. The number of rotatable bonds is 10. The summed E-state index contributed by atoms with van der Waals surface area (Å²) in [4.78, 5) is 33.3. The molecule has 0 unspecified atom stereocenters. The summed E-state index contributed by atoms with van der Waals surface area (Å²) < 4.78 is 7.08. The molecular formula is C31H34N4O4. The lowest BCUT2D eigenvalue weighted by atomic mass is 9.85. The van der Waals surface area contributed by atoms with Crippen molar-refractivity contribution < 1.29 is 19.4 Å². The fourth-order valence-corrected chi connectivity index (χ4v) is 5.39. The number of fused-ring (bicyclic) bond motifs is 1. The second-order valence-corrected chi connectivity index (χ2v) is 10.0. The van der Waals surface area contributed by atoms with Crippen LogP contribution in [0.5, 0.6) is 5.75 Å². The van der Waals surface area contributed by atoms with Crippen LogP contribution < -0.4 is 10.1 Å². The standard InChI is InChI=1S/C31H34N4O4/c1-2-29-33-25-16-17-28(32-19-18-26(36)23-8-4-3-5-9-23)34-30(25)35(29)20-21-12-14-22(15-13-21)24-10-6-7-11-27(24)39-31(37)38/h6-7,10-17,23H,2-5,8-9,18-20H2,1H3,(H,32,34)(H,37,38). The van der Waals surface area contributed by atoms with Crippen LogP contribution in [0.15, 0.2) is 60.7 Å². The van der Waals surface area contributed by atoms with E-state index in [0.717, 1.165) is 53.2 Å². The van der Waals surface area contributed by atoms with E-state index in [4.69, 9.17) is 19.8 Å². The largest absolute Gasteiger partial charge is 0.511 e. The number of aryl methyl sites for hydroxylation is 1. The van der Waals surface area contributed by atoms with E-state index in [1.165, 1.54) is 19.3 Å². The highest BCUT2D eigenvalue weighted by Crippen LogP contribution is 2.30. The first-order valence-electron chi connectivity index (χ1n) is 13.7. The molecule has 2 aromatic carbocycles. The summed E-state index contributed by atoms with van der Waals surface area (Å²) in [5, 5.41) is 12.4. The van der Waals surface area contributed by atoms with Crippen molar-refractivity contribution in [1.82, 2.24) is 14.5 Å². The molecule has 1 fully saturated rings. The molecule has 0 saturated heterocycles. The first kappa shape index (κ1) is 26.4. The van der Waals surface area contributed by atoms with Crippen LogP contribution in [0.4, 0.5) is 10.6 Å². The summed E-state index contributed by atoms with van der Waals surface area (Å²) in [6, 6.07) is 19.0. The minimum Gasteiger partial charge on any atom is -0.449 e. The Morgan fingerprint density at radius 3 is 2.51 bits per heavy atom. The van der Waals surface area contributed by atoms with E-state index < -0.39 is 6.16 Å². The Balaban J connectivity index is 1.31. The van der Waals surface area contributed by atoms with Crippen LogP contribution in [0, 0.1) is 5.92 Å². The lowest BCUT2D eigenvalue weighted by Crippen LogP contribution is -2.20. The summed E-state index contributed by atoms with van der Waals surface area (Å²) >= 11 is 0. The normalized spacial score (nSPS) is 13.9. The first-order chi connectivity index (χ1) is 19.0. The third kappa shape index (κ3) is 6.28. The number of carboxylic acid groups (broad SMARTS) is 1. The highest BCUT2D eigenvalue weighted by Gasteiger charge is 2.20. The molecule has 0 atom stereocenters. The number of nitrogens with zero attached hydrogens (tertiary/aromatic N) is 3. The van der Waals surface area contributed by atoms with Crippen LogP contribution in [0.25, 0.3) is 22.3 Å². The van der Waals surface area contributed by atoms with Gasteiger partial charge in [-0.05, 0) is 42.2 Å². The molecule has 4 aromatic rings. The average Bonchev–Trinajstić information content (AvgIpc) is 3.30. The van der Waals surface area contributed by atoms with Gasteiger partial charge in [0.2, 0.25) is 0 Å². The van der Waals surface area contributed by atoms with Gasteiger partial charge in [-0.1, -0.05) is 68.7 Å². The van der Waals surface area contributed by atoms with Crippen LogP contribution in [0.1, 0.15) is 56.8 Å². The lowest BCUT2D eigenvalue weighted by molar-refractivity contribution is -0.123. The van der Waals surface area contributed by atoms with Gasteiger partial charge in [0.25, 0.3) is 0 Å². The van der Waals surface area contributed by atoms with Gasteiger partial charge in [0, 0.05) is 30.9 Å². The van der Waals surface area contributed by atoms with Crippen molar-refractivity contribution in [2.45, 2.75) is 58.4 Å². The molecule has 2 aromatic heterocycles. The number of hydrogen-bond donors (Lipinski definition) is 2. The number of para-hydroxylation sites is 1. The van der Waals surface area contributed by atoms with E-state index in [9.17, 15) is 9.59 Å². The molecule has 1 aliphatic carbocycles. The number of ether oxygens (including phenoxy) is 1. The molecule has 0 aliphatic heterocycles. The number of nitrogens with one attached hydrogen (secondary N) is 1. The van der Waals surface area contributed by atoms with Gasteiger partial charge >= 0.3 is 6.16 Å². The Kier molecular flexibility index (Phi) is 8.20. The smallest absolute Gasteiger partial charge is 0.449 e. The maximum atomic E-state index is 12.6. The molecule has 202 valence electrons. The molecule has 0 spiro atoms. The highest BCUT2D eigenvalue weighted by molar-refractivity contribution is 5.81. The molecule has 0 amide bonds. The van der Waals surface area contributed by atoms with E-state index in [0.29, 0.717) is 36.6 Å². The number of imidazole rings is 1. The minimum absolute atomic E-state index is 0.231. The predicted molar refractivity (Wildman–Crippen MR) is 151 cm³/mol. The molecule has 2 heterocycles. The van der Waals surface area contributed by atoms with Crippen molar-refractivity contribution in [2.75, 3.05) is 11.9 Å². The van der Waals surface area contributed by atoms with Gasteiger partial charge in [-0.3, -0.25) is 4.79 Å². The van der Waals surface area contributed by atoms with Gasteiger partial charge < -0.3 is 19.7 Å². The van der Waals surface area contributed by atoms with Gasteiger partial charge in [-0.25, -0.2) is 14.8 Å². The number of carbonyl (C=O) groups is 2. The molecule has 0 radical (unpaired) electrons. The Hall–Kier alpha value is -4.20. The van der Waals surface area contributed by atoms with Gasteiger partial charge in [0.15, 0.2) is 5.65 Å². The zero-order chi connectivity index (χ0) is 27.2. The van der Waals surface area contributed by atoms with Gasteiger partial charge in [-0.2, -0.15) is 0 Å². The molecule has 2 N–H and O–H groups in total. The predicted octanol–water partition coefficient (Wildman–Crippen LogP) is 6.72. The molecule has 8 heteroatoms. The fourth-order valence-electron chi connectivity index (χ4n) is 5.39. The average molecular weight is 527 g/mol. The number of anilines is 1. The summed E-state index contributed by atoms with van der Waals surface area (Å²) in [5.41, 5.74) is 4.30. The quantitative estimate of drug-likeness (QED) is 0.175. The van der Waals surface area contributed by atoms with Crippen molar-refractivity contribution in [3.05, 3.63) is 72.1 Å². The topological polar surface area (TPSA) is 106 Å². The Morgan fingerprint density at radius 1 is 1.00 bits per heavy atom. The first-order valence-corrected chi connectivity index (χ1v) is 13.7. The molecule has 39 heavy (non-hydrogen) atoms. The number of hydrogen-bond acceptors (Lipinski definition) is 6. The number of ketones is 1. The van der Waals surface area contributed by atoms with E-state index in [2.05, 4.69) is 16.8 Å². The van der Waals surface area contributed by atoms with Gasteiger partial charge in [-0.15, -0.1) is 0 Å². The van der Waals surface area contributed by atoms with Crippen LogP contribution in [0.2, 0.25) is 0 Å². The summed E-state index contributed by atoms with van der Waals surface area (Å²) in [6.45, 7) is 3.26. The van der Waals surface area contributed by atoms with Crippen molar-refractivity contribution in [1.29, 1.82) is 0 Å². The minimum atomic E-state index is -1.34. The monoisotopic (exact) mass is 526 g/mol. The molecule has 1 saturated carbocycles. The molecular weight excluding hydrogens is 492 g/mol. The van der Waals surface area contributed by atoms with E-state index in [1.807, 2.05) is 48.5 Å². The third-order valence-electron chi connectivity index (χ3n) is 7.42.